The zero-order valence-electron chi connectivity index (χ0n) is 25.3. The Bertz CT molecular complexity index is 1280. The Morgan fingerprint density at radius 3 is 2.11 bits per heavy atom. The predicted molar refractivity (Wildman–Crippen MR) is 157 cm³/mol. The molecule has 2 atom stereocenters. The van der Waals surface area contributed by atoms with Gasteiger partial charge in [-0.05, 0) is 18.4 Å². The number of nitrogens with zero attached hydrogens (tertiary/aromatic N) is 1. The maximum absolute atomic E-state index is 13.5. The van der Waals surface area contributed by atoms with Gasteiger partial charge in [0.15, 0.2) is 0 Å². The van der Waals surface area contributed by atoms with E-state index in [9.17, 15) is 46.7 Å². The molecule has 15 nitrogen and oxygen atoms in total. The number of hydrogen-bond acceptors (Lipinski definition) is 9. The zero-order chi connectivity index (χ0) is 34.8. The van der Waals surface area contributed by atoms with Gasteiger partial charge in [-0.25, -0.2) is 4.79 Å². The Morgan fingerprint density at radius 2 is 1.47 bits per heavy atom. The average Bonchev–Trinajstić information content (AvgIpc) is 3.34. The first-order valence-corrected chi connectivity index (χ1v) is 14.5. The van der Waals surface area contributed by atoms with Gasteiger partial charge in [0, 0.05) is 25.1 Å². The number of aliphatic carboxylic acids is 1. The first-order chi connectivity index (χ1) is 22.3. The molecule has 1 aromatic rings. The number of imide groups is 1. The van der Waals surface area contributed by atoms with Gasteiger partial charge in [-0.2, -0.15) is 13.2 Å². The van der Waals surface area contributed by atoms with E-state index in [-0.39, 0.29) is 25.8 Å². The number of carbonyl (C=O) groups is 7. The monoisotopic (exact) mass is 670 g/mol. The highest BCUT2D eigenvalue weighted by molar-refractivity contribution is 6.12. The van der Waals surface area contributed by atoms with Crippen LogP contribution in [0.2, 0.25) is 0 Å². The number of carbonyl (C=O) groups excluding carboxylic acids is 6. The summed E-state index contributed by atoms with van der Waals surface area (Å²) in [6.07, 6.45) is -2.04. The summed E-state index contributed by atoms with van der Waals surface area (Å²) in [5.74, 6) is -5.35. The van der Waals surface area contributed by atoms with Gasteiger partial charge in [0.05, 0.1) is 19.6 Å². The Kier molecular flexibility index (Phi) is 16.0. The summed E-state index contributed by atoms with van der Waals surface area (Å²) in [6, 6.07) is 5.32. The standard InChI is InChI=1S/C29H37F3N6O9/c30-29(31,32)21(9-5-2-6-12-38-25(42)10-11-26(38)43)33-14-22(39)34-16-24(41)37-20(13-19-7-3-1-4-8-19)28(46)35-15-23(40)36-18-47-17-27(44)45/h1,3-4,7-8,10-11,20-21,33H,2,5-6,9,12-18H2,(H,34,39)(H,35,46)(H,36,40)(H,37,41)(H,44,45). The maximum Gasteiger partial charge on any atom is 0.403 e. The van der Waals surface area contributed by atoms with Crippen molar-refractivity contribution in [2.45, 2.75) is 50.4 Å². The lowest BCUT2D eigenvalue weighted by Gasteiger charge is -2.22. The number of amides is 6. The van der Waals surface area contributed by atoms with Crippen molar-refractivity contribution in [3.63, 3.8) is 0 Å². The van der Waals surface area contributed by atoms with Gasteiger partial charge in [0.25, 0.3) is 11.8 Å². The molecule has 258 valence electrons. The molecule has 0 saturated heterocycles. The van der Waals surface area contributed by atoms with Crippen molar-refractivity contribution in [2.75, 3.05) is 39.5 Å². The van der Waals surface area contributed by atoms with Gasteiger partial charge in [-0.3, -0.25) is 39.0 Å². The third kappa shape index (κ3) is 15.3. The van der Waals surface area contributed by atoms with Crippen LogP contribution in [0.15, 0.2) is 42.5 Å². The molecule has 47 heavy (non-hydrogen) atoms. The van der Waals surface area contributed by atoms with E-state index in [2.05, 4.69) is 31.3 Å². The fourth-order valence-electron chi connectivity index (χ4n) is 4.21. The number of carboxylic acid groups (broad SMARTS) is 1. The number of unbranched alkanes of at least 4 members (excludes halogenated alkanes) is 2. The average molecular weight is 671 g/mol. The molecule has 0 aliphatic carbocycles. The summed E-state index contributed by atoms with van der Waals surface area (Å²) in [5, 5.41) is 19.9. The van der Waals surface area contributed by atoms with Crippen molar-refractivity contribution in [2.24, 2.45) is 0 Å². The predicted octanol–water partition coefficient (Wildman–Crippen LogP) is -0.873. The minimum absolute atomic E-state index is 0.00601. The molecule has 0 aromatic heterocycles. The molecule has 0 radical (unpaired) electrons. The summed E-state index contributed by atoms with van der Waals surface area (Å²) in [5.41, 5.74) is 0.654. The Labute approximate surface area is 267 Å². The molecule has 1 heterocycles. The lowest BCUT2D eigenvalue weighted by Crippen LogP contribution is -2.52. The fraction of sp³-hybridized carbons (Fsp3) is 0.483. The summed E-state index contributed by atoms with van der Waals surface area (Å²) in [7, 11) is 0. The molecule has 0 saturated carbocycles. The third-order valence-electron chi connectivity index (χ3n) is 6.58. The smallest absolute Gasteiger partial charge is 0.403 e. The van der Waals surface area contributed by atoms with E-state index in [4.69, 9.17) is 5.11 Å². The highest BCUT2D eigenvalue weighted by Crippen LogP contribution is 2.24. The number of nitrogens with one attached hydrogen (secondary N) is 5. The number of ether oxygens (including phenoxy) is 1. The minimum Gasteiger partial charge on any atom is -0.480 e. The Balaban J connectivity index is 1.79. The molecule has 2 unspecified atom stereocenters. The Hall–Kier alpha value is -4.84. The lowest BCUT2D eigenvalue weighted by molar-refractivity contribution is -0.158. The summed E-state index contributed by atoms with van der Waals surface area (Å²) >= 11 is 0. The fourth-order valence-corrected chi connectivity index (χ4v) is 4.21. The largest absolute Gasteiger partial charge is 0.480 e. The van der Waals surface area contributed by atoms with Gasteiger partial charge in [0.1, 0.15) is 25.4 Å². The number of carboxylic acids is 1. The second-order valence-corrected chi connectivity index (χ2v) is 10.3. The van der Waals surface area contributed by atoms with Crippen LogP contribution in [-0.2, 0) is 44.7 Å². The second-order valence-electron chi connectivity index (χ2n) is 10.3. The van der Waals surface area contributed by atoms with Crippen LogP contribution >= 0.6 is 0 Å². The SMILES string of the molecule is O=C(O)COCNC(=O)CNC(=O)C(Cc1ccccc1)NC(=O)CNC(=O)CNC(CCCCCN1C(=O)C=CC1=O)C(F)(F)F. The van der Waals surface area contributed by atoms with Crippen LogP contribution in [0.5, 0.6) is 0 Å². The number of alkyl halides is 3. The molecule has 1 aliphatic rings. The van der Waals surface area contributed by atoms with E-state index in [1.807, 2.05) is 0 Å². The molecule has 1 aliphatic heterocycles. The number of rotatable bonds is 21. The summed E-state index contributed by atoms with van der Waals surface area (Å²) in [4.78, 5) is 84.0. The number of benzene rings is 1. The van der Waals surface area contributed by atoms with Crippen LogP contribution in [0.25, 0.3) is 0 Å². The first kappa shape index (κ1) is 38.3. The minimum atomic E-state index is -4.66. The van der Waals surface area contributed by atoms with E-state index in [0.717, 1.165) is 17.1 Å². The molecular formula is C29H37F3N6O9. The topological polar surface area (TPSA) is 212 Å². The van der Waals surface area contributed by atoms with Crippen LogP contribution in [0.3, 0.4) is 0 Å². The molecule has 0 bridgehead atoms. The first-order valence-electron chi connectivity index (χ1n) is 14.5. The maximum atomic E-state index is 13.5. The molecule has 2 rings (SSSR count). The third-order valence-corrected chi connectivity index (χ3v) is 6.58. The highest BCUT2D eigenvalue weighted by Gasteiger charge is 2.39. The van der Waals surface area contributed by atoms with E-state index >= 15 is 0 Å². The number of hydrogen-bond donors (Lipinski definition) is 6. The zero-order valence-corrected chi connectivity index (χ0v) is 25.3. The second kappa shape index (κ2) is 19.6. The molecule has 6 amide bonds. The van der Waals surface area contributed by atoms with Gasteiger partial charge in [-0.15, -0.1) is 0 Å². The Morgan fingerprint density at radius 1 is 0.830 bits per heavy atom. The molecule has 18 heteroatoms. The molecule has 6 N–H and O–H groups in total. The van der Waals surface area contributed by atoms with E-state index < -0.39 is 92.6 Å². The van der Waals surface area contributed by atoms with Crippen molar-refractivity contribution in [1.29, 1.82) is 0 Å². The van der Waals surface area contributed by atoms with Crippen molar-refractivity contribution in [3.05, 3.63) is 48.0 Å². The van der Waals surface area contributed by atoms with Crippen molar-refractivity contribution in [3.8, 4) is 0 Å². The van der Waals surface area contributed by atoms with E-state index in [1.54, 1.807) is 30.3 Å². The van der Waals surface area contributed by atoms with Crippen LogP contribution in [0.1, 0.15) is 31.2 Å². The molecular weight excluding hydrogens is 633 g/mol. The highest BCUT2D eigenvalue weighted by atomic mass is 19.4. The number of halogens is 3. The van der Waals surface area contributed by atoms with Gasteiger partial charge in [0.2, 0.25) is 23.6 Å². The van der Waals surface area contributed by atoms with Gasteiger partial charge < -0.3 is 31.1 Å². The molecule has 0 spiro atoms. The van der Waals surface area contributed by atoms with E-state index in [1.165, 1.54) is 0 Å². The van der Waals surface area contributed by atoms with Crippen molar-refractivity contribution < 1.29 is 56.6 Å². The molecule has 1 aromatic carbocycles. The normalized spacial score (nSPS) is 14.0. The summed E-state index contributed by atoms with van der Waals surface area (Å²) in [6.45, 7) is -2.88. The van der Waals surface area contributed by atoms with Crippen LogP contribution in [0.4, 0.5) is 13.2 Å². The summed E-state index contributed by atoms with van der Waals surface area (Å²) < 4.78 is 45.2. The lowest BCUT2D eigenvalue weighted by atomic mass is 10.1. The van der Waals surface area contributed by atoms with E-state index in [0.29, 0.717) is 18.4 Å². The van der Waals surface area contributed by atoms with Crippen molar-refractivity contribution in [1.82, 2.24) is 31.5 Å². The van der Waals surface area contributed by atoms with Crippen LogP contribution in [0, 0.1) is 0 Å². The quantitative estimate of drug-likeness (QED) is 0.0541. The van der Waals surface area contributed by atoms with Crippen LogP contribution in [-0.4, -0.2) is 109 Å². The van der Waals surface area contributed by atoms with Crippen LogP contribution < -0.4 is 26.6 Å². The van der Waals surface area contributed by atoms with Gasteiger partial charge >= 0.3 is 12.1 Å². The molecule has 0 fully saturated rings. The van der Waals surface area contributed by atoms with Gasteiger partial charge in [-0.1, -0.05) is 43.2 Å². The van der Waals surface area contributed by atoms with Crippen molar-refractivity contribution >= 4 is 41.4 Å².